The largest absolute Gasteiger partial charge is 0.493 e. The first-order valence-electron chi connectivity index (χ1n) is 10.8. The summed E-state index contributed by atoms with van der Waals surface area (Å²) in [6, 6.07) is 7.93. The number of methoxy groups -OCH3 is 3. The molecule has 34 heavy (non-hydrogen) atoms. The fourth-order valence-corrected chi connectivity index (χ4v) is 3.56. The van der Waals surface area contributed by atoms with Crippen molar-refractivity contribution >= 4 is 17.2 Å². The highest BCUT2D eigenvalue weighted by Crippen LogP contribution is 2.39. The first kappa shape index (κ1) is 23.3. The van der Waals surface area contributed by atoms with Crippen molar-refractivity contribution in [3.8, 4) is 22.9 Å². The minimum absolute atomic E-state index is 0.278. The monoisotopic (exact) mass is 467 g/mol. The predicted molar refractivity (Wildman–Crippen MR) is 127 cm³/mol. The highest BCUT2D eigenvalue weighted by Gasteiger charge is 2.16. The highest BCUT2D eigenvalue weighted by atomic mass is 16.5. The smallest absolute Gasteiger partial charge is 0.203 e. The van der Waals surface area contributed by atoms with Gasteiger partial charge in [-0.1, -0.05) is 13.8 Å². The first-order chi connectivity index (χ1) is 16.5. The fourth-order valence-electron chi connectivity index (χ4n) is 3.56. The lowest BCUT2D eigenvalue weighted by Crippen LogP contribution is -2.23. The topological polar surface area (TPSA) is 120 Å². The van der Waals surface area contributed by atoms with E-state index in [0.29, 0.717) is 47.3 Å². The highest BCUT2D eigenvalue weighted by molar-refractivity contribution is 5.72. The van der Waals surface area contributed by atoms with Crippen molar-refractivity contribution in [2.45, 2.75) is 33.0 Å². The Bertz CT molecular complexity index is 1260. The normalized spacial score (nSPS) is 11.3. The summed E-state index contributed by atoms with van der Waals surface area (Å²) in [5.41, 5.74) is 2.52. The minimum Gasteiger partial charge on any atom is -0.493 e. The number of nitrogens with zero attached hydrogens (tertiary/aromatic N) is 5. The Morgan fingerprint density at radius 2 is 1.79 bits per heavy atom. The van der Waals surface area contributed by atoms with Gasteiger partial charge < -0.3 is 34.5 Å². The van der Waals surface area contributed by atoms with Gasteiger partial charge >= 0.3 is 0 Å². The van der Waals surface area contributed by atoms with E-state index in [-0.39, 0.29) is 6.61 Å². The standard InChI is InChI=1S/C23H29N7O4/c1-14(2)24-10-15-6-7-17-23(27-21(12-31)28-30(15)17)26-20-11-29(13-25-20)16-8-18(32-3)22(34-5)19(9-16)33-4/h6-9,11,13-14,24,31H,10,12H2,1-5H3,(H,26,27,28). The zero-order valence-corrected chi connectivity index (χ0v) is 19.9. The van der Waals surface area contributed by atoms with Crippen LogP contribution in [0.1, 0.15) is 25.4 Å². The zero-order chi connectivity index (χ0) is 24.2. The van der Waals surface area contributed by atoms with Crippen LogP contribution in [0.3, 0.4) is 0 Å². The quantitative estimate of drug-likeness (QED) is 0.323. The number of nitrogens with one attached hydrogen (secondary N) is 2. The van der Waals surface area contributed by atoms with Gasteiger partial charge in [-0.3, -0.25) is 0 Å². The van der Waals surface area contributed by atoms with Crippen LogP contribution >= 0.6 is 0 Å². The lowest BCUT2D eigenvalue weighted by molar-refractivity contribution is 0.269. The molecule has 0 saturated carbocycles. The van der Waals surface area contributed by atoms with Gasteiger partial charge in [0.05, 0.1) is 38.9 Å². The van der Waals surface area contributed by atoms with Crippen LogP contribution in [0.25, 0.3) is 11.2 Å². The number of hydrogen-bond acceptors (Lipinski definition) is 9. The van der Waals surface area contributed by atoms with Crippen LogP contribution in [0.2, 0.25) is 0 Å². The molecular formula is C23H29N7O4. The van der Waals surface area contributed by atoms with Crippen LogP contribution in [0, 0.1) is 0 Å². The molecule has 0 aliphatic rings. The molecule has 11 nitrogen and oxygen atoms in total. The SMILES string of the molecule is COc1cc(-n2cnc(Nc3nc(CO)nn4c(CNC(C)C)ccc34)c2)cc(OC)c1OC. The summed E-state index contributed by atoms with van der Waals surface area (Å²) in [5, 5.41) is 20.8. The van der Waals surface area contributed by atoms with E-state index in [1.54, 1.807) is 32.2 Å². The fraction of sp³-hybridized carbons (Fsp3) is 0.348. The molecule has 1 aromatic carbocycles. The average Bonchev–Trinajstić information content (AvgIpc) is 3.48. The Kier molecular flexibility index (Phi) is 6.85. The summed E-state index contributed by atoms with van der Waals surface area (Å²) in [7, 11) is 4.71. The van der Waals surface area contributed by atoms with Gasteiger partial charge in [0.15, 0.2) is 23.1 Å². The van der Waals surface area contributed by atoms with Crippen LogP contribution in [-0.4, -0.2) is 56.6 Å². The third-order valence-corrected chi connectivity index (χ3v) is 5.24. The van der Waals surface area contributed by atoms with Crippen LogP contribution in [0.5, 0.6) is 17.2 Å². The van der Waals surface area contributed by atoms with Gasteiger partial charge in [0.25, 0.3) is 0 Å². The molecule has 11 heteroatoms. The number of hydrogen-bond donors (Lipinski definition) is 3. The molecule has 180 valence electrons. The molecule has 0 spiro atoms. The molecule has 4 aromatic rings. The van der Waals surface area contributed by atoms with Gasteiger partial charge in [-0.25, -0.2) is 14.5 Å². The van der Waals surface area contributed by atoms with Crippen LogP contribution in [-0.2, 0) is 13.2 Å². The van der Waals surface area contributed by atoms with E-state index in [1.165, 1.54) is 0 Å². The Balaban J connectivity index is 1.66. The molecule has 0 unspecified atom stereocenters. The number of aliphatic hydroxyl groups is 1. The summed E-state index contributed by atoms with van der Waals surface area (Å²) in [6.07, 6.45) is 3.49. The molecule has 3 heterocycles. The number of rotatable bonds is 10. The van der Waals surface area contributed by atoms with Crippen LogP contribution < -0.4 is 24.8 Å². The van der Waals surface area contributed by atoms with Gasteiger partial charge in [-0.05, 0) is 12.1 Å². The Labute approximate surface area is 197 Å². The van der Waals surface area contributed by atoms with Gasteiger partial charge in [0.2, 0.25) is 5.75 Å². The van der Waals surface area contributed by atoms with Crippen molar-refractivity contribution in [3.63, 3.8) is 0 Å². The van der Waals surface area contributed by atoms with Gasteiger partial charge in [-0.15, -0.1) is 5.10 Å². The third-order valence-electron chi connectivity index (χ3n) is 5.24. The molecule has 3 N–H and O–H groups in total. The lowest BCUT2D eigenvalue weighted by atomic mass is 10.2. The van der Waals surface area contributed by atoms with Crippen molar-refractivity contribution in [1.82, 2.24) is 29.5 Å². The Morgan fingerprint density at radius 3 is 2.41 bits per heavy atom. The summed E-state index contributed by atoms with van der Waals surface area (Å²) in [5.74, 6) is 3.03. The predicted octanol–water partition coefficient (Wildman–Crippen LogP) is 2.67. The van der Waals surface area contributed by atoms with Gasteiger partial charge in [0, 0.05) is 24.7 Å². The molecule has 0 aliphatic carbocycles. The average molecular weight is 468 g/mol. The van der Waals surface area contributed by atoms with E-state index in [9.17, 15) is 5.11 Å². The number of ether oxygens (including phenoxy) is 3. The van der Waals surface area contributed by atoms with Crippen molar-refractivity contribution in [2.24, 2.45) is 0 Å². The van der Waals surface area contributed by atoms with E-state index in [1.807, 2.05) is 35.0 Å². The van der Waals surface area contributed by atoms with Crippen molar-refractivity contribution in [2.75, 3.05) is 26.6 Å². The Hall–Kier alpha value is -3.83. The van der Waals surface area contributed by atoms with Crippen molar-refractivity contribution in [1.29, 1.82) is 0 Å². The molecule has 0 bridgehead atoms. The van der Waals surface area contributed by atoms with E-state index in [0.717, 1.165) is 16.9 Å². The van der Waals surface area contributed by atoms with Crippen molar-refractivity contribution < 1.29 is 19.3 Å². The van der Waals surface area contributed by atoms with E-state index in [2.05, 4.69) is 39.5 Å². The molecule has 0 saturated heterocycles. The third kappa shape index (κ3) is 4.61. The number of aliphatic hydroxyl groups excluding tert-OH is 1. The lowest BCUT2D eigenvalue weighted by Gasteiger charge is -2.14. The van der Waals surface area contributed by atoms with E-state index in [4.69, 9.17) is 14.2 Å². The number of imidazole rings is 1. The van der Waals surface area contributed by atoms with E-state index < -0.39 is 0 Å². The van der Waals surface area contributed by atoms with E-state index >= 15 is 0 Å². The molecule has 0 amide bonds. The molecule has 4 rings (SSSR count). The summed E-state index contributed by atoms with van der Waals surface area (Å²) in [6.45, 7) is 4.53. The minimum atomic E-state index is -0.278. The molecular weight excluding hydrogens is 438 g/mol. The second-order valence-electron chi connectivity index (χ2n) is 7.87. The maximum Gasteiger partial charge on any atom is 0.203 e. The second kappa shape index (κ2) is 9.98. The van der Waals surface area contributed by atoms with Gasteiger partial charge in [0.1, 0.15) is 24.3 Å². The summed E-state index contributed by atoms with van der Waals surface area (Å²) < 4.78 is 19.9. The van der Waals surface area contributed by atoms with Crippen LogP contribution in [0.4, 0.5) is 11.6 Å². The van der Waals surface area contributed by atoms with Gasteiger partial charge in [-0.2, -0.15) is 0 Å². The summed E-state index contributed by atoms with van der Waals surface area (Å²) >= 11 is 0. The Morgan fingerprint density at radius 1 is 1.06 bits per heavy atom. The zero-order valence-electron chi connectivity index (χ0n) is 19.9. The number of aromatic nitrogens is 5. The van der Waals surface area contributed by atoms with Crippen molar-refractivity contribution in [3.05, 3.63) is 48.3 Å². The van der Waals surface area contributed by atoms with Crippen LogP contribution in [0.15, 0.2) is 36.8 Å². The molecule has 0 radical (unpaired) electrons. The number of anilines is 2. The maximum absolute atomic E-state index is 9.69. The maximum atomic E-state index is 9.69. The summed E-state index contributed by atoms with van der Waals surface area (Å²) in [4.78, 5) is 8.93. The number of fused-ring (bicyclic) bond motifs is 1. The molecule has 3 aromatic heterocycles. The molecule has 0 fully saturated rings. The molecule has 0 atom stereocenters. The second-order valence-corrected chi connectivity index (χ2v) is 7.87. The molecule has 0 aliphatic heterocycles. The number of benzene rings is 1. The first-order valence-corrected chi connectivity index (χ1v) is 10.8.